The lowest BCUT2D eigenvalue weighted by Crippen LogP contribution is -2.41. The molecule has 1 aliphatic heterocycles. The fourth-order valence-corrected chi connectivity index (χ4v) is 3.86. The summed E-state index contributed by atoms with van der Waals surface area (Å²) in [5.74, 6) is -0.283. The van der Waals surface area contributed by atoms with Gasteiger partial charge in [-0.1, -0.05) is 13.8 Å². The number of rotatable bonds is 5. The van der Waals surface area contributed by atoms with Crippen LogP contribution in [0.4, 0.5) is 17.1 Å². The van der Waals surface area contributed by atoms with E-state index in [1.54, 1.807) is 12.1 Å². The molecule has 2 aromatic carbocycles. The molecule has 0 unspecified atom stereocenters. The Balaban J connectivity index is 1.90. The van der Waals surface area contributed by atoms with E-state index in [-0.39, 0.29) is 11.4 Å². The molecular weight excluding hydrogens is 348 g/mol. The van der Waals surface area contributed by atoms with Crippen molar-refractivity contribution in [1.29, 1.82) is 0 Å². The van der Waals surface area contributed by atoms with Crippen molar-refractivity contribution < 1.29 is 9.53 Å². The van der Waals surface area contributed by atoms with Crippen LogP contribution in [0.1, 0.15) is 62.5 Å². The van der Waals surface area contributed by atoms with Crippen LogP contribution in [0, 0.1) is 6.92 Å². The normalized spacial score (nSPS) is 15.3. The summed E-state index contributed by atoms with van der Waals surface area (Å²) < 4.78 is 5.06. The van der Waals surface area contributed by atoms with Crippen molar-refractivity contribution in [2.75, 3.05) is 23.4 Å². The fraction of sp³-hybridized carbons (Fsp3) is 0.458. The van der Waals surface area contributed by atoms with Crippen LogP contribution in [0.15, 0.2) is 36.4 Å². The molecule has 0 fully saturated rings. The highest BCUT2D eigenvalue weighted by molar-refractivity contribution is 5.90. The quantitative estimate of drug-likeness (QED) is 0.665. The minimum atomic E-state index is -0.283. The molecule has 0 aromatic heterocycles. The number of nitrogens with one attached hydrogen (secondary N) is 1. The van der Waals surface area contributed by atoms with E-state index in [4.69, 9.17) is 4.74 Å². The van der Waals surface area contributed by atoms with Crippen LogP contribution in [0.3, 0.4) is 0 Å². The Labute approximate surface area is 168 Å². The first-order chi connectivity index (χ1) is 13.2. The van der Waals surface area contributed by atoms with E-state index in [2.05, 4.69) is 57.0 Å². The highest BCUT2D eigenvalue weighted by atomic mass is 16.5. The van der Waals surface area contributed by atoms with Gasteiger partial charge in [0.15, 0.2) is 0 Å². The van der Waals surface area contributed by atoms with Crippen molar-refractivity contribution in [2.24, 2.45) is 0 Å². The first kappa shape index (κ1) is 20.2. The highest BCUT2D eigenvalue weighted by Gasteiger charge is 2.32. The van der Waals surface area contributed by atoms with Gasteiger partial charge in [-0.3, -0.25) is 0 Å². The summed E-state index contributed by atoms with van der Waals surface area (Å²) >= 11 is 0. The summed E-state index contributed by atoms with van der Waals surface area (Å²) in [5, 5.41) is 3.53. The maximum Gasteiger partial charge on any atom is 0.338 e. The molecule has 1 N–H and O–H groups in total. The van der Waals surface area contributed by atoms with Gasteiger partial charge in [-0.15, -0.1) is 0 Å². The molecule has 2 aromatic rings. The van der Waals surface area contributed by atoms with Crippen molar-refractivity contribution in [2.45, 2.75) is 59.4 Å². The molecule has 28 heavy (non-hydrogen) atoms. The minimum Gasteiger partial charge on any atom is -0.462 e. The number of hydrogen-bond acceptors (Lipinski definition) is 4. The average Bonchev–Trinajstić information content (AvgIpc) is 2.63. The Morgan fingerprint density at radius 3 is 2.50 bits per heavy atom. The topological polar surface area (TPSA) is 41.6 Å². The monoisotopic (exact) mass is 380 g/mol. The molecule has 4 heteroatoms. The van der Waals surface area contributed by atoms with Crippen molar-refractivity contribution in [1.82, 2.24) is 0 Å². The second kappa shape index (κ2) is 7.86. The van der Waals surface area contributed by atoms with Crippen LogP contribution in [-0.2, 0) is 10.2 Å². The van der Waals surface area contributed by atoms with Gasteiger partial charge in [-0.05, 0) is 87.1 Å². The lowest BCUT2D eigenvalue weighted by Gasteiger charge is -2.43. The smallest absolute Gasteiger partial charge is 0.338 e. The molecule has 4 nitrogen and oxygen atoms in total. The van der Waals surface area contributed by atoms with Crippen molar-refractivity contribution in [3.05, 3.63) is 53.1 Å². The zero-order valence-electron chi connectivity index (χ0n) is 17.9. The SMILES string of the molecule is CCOC(=O)c1ccc(Nc2cc3c(cc2C)N(C(C)C)CCC3(C)C)cc1. The molecule has 150 valence electrons. The Bertz CT molecular complexity index is 854. The third-order valence-corrected chi connectivity index (χ3v) is 5.66. The molecule has 1 heterocycles. The predicted octanol–water partition coefficient (Wildman–Crippen LogP) is 5.81. The summed E-state index contributed by atoms with van der Waals surface area (Å²) in [5.41, 5.74) is 6.76. The number of benzene rings is 2. The number of fused-ring (bicyclic) bond motifs is 1. The first-order valence-electron chi connectivity index (χ1n) is 10.2. The summed E-state index contributed by atoms with van der Waals surface area (Å²) in [4.78, 5) is 14.3. The number of nitrogens with zero attached hydrogens (tertiary/aromatic N) is 1. The lowest BCUT2D eigenvalue weighted by atomic mass is 9.76. The number of anilines is 3. The third-order valence-electron chi connectivity index (χ3n) is 5.66. The standard InChI is InChI=1S/C24H32N2O2/c1-7-28-23(27)18-8-10-19(11-9-18)25-21-15-20-22(14-17(21)4)26(16(2)3)13-12-24(20,5)6/h8-11,14-16,25H,7,12-13H2,1-6H3. The van der Waals surface area contributed by atoms with Crippen molar-refractivity contribution in [3.8, 4) is 0 Å². The Morgan fingerprint density at radius 2 is 1.89 bits per heavy atom. The predicted molar refractivity (Wildman–Crippen MR) is 117 cm³/mol. The van der Waals surface area contributed by atoms with E-state index >= 15 is 0 Å². The van der Waals surface area contributed by atoms with Gasteiger partial charge in [0.25, 0.3) is 0 Å². The molecule has 0 saturated carbocycles. The zero-order chi connectivity index (χ0) is 20.5. The largest absolute Gasteiger partial charge is 0.462 e. The lowest BCUT2D eigenvalue weighted by molar-refractivity contribution is 0.0526. The van der Waals surface area contributed by atoms with Crippen LogP contribution < -0.4 is 10.2 Å². The van der Waals surface area contributed by atoms with Crippen LogP contribution >= 0.6 is 0 Å². The summed E-state index contributed by atoms with van der Waals surface area (Å²) in [6.07, 6.45) is 1.15. The maximum absolute atomic E-state index is 11.8. The number of esters is 1. The Hall–Kier alpha value is -2.49. The van der Waals surface area contributed by atoms with Gasteiger partial charge < -0.3 is 15.0 Å². The van der Waals surface area contributed by atoms with Crippen LogP contribution in [0.25, 0.3) is 0 Å². The fourth-order valence-electron chi connectivity index (χ4n) is 3.86. The molecule has 0 amide bonds. The molecule has 1 aliphatic rings. The molecule has 0 spiro atoms. The van der Waals surface area contributed by atoms with Gasteiger partial charge in [0.05, 0.1) is 12.2 Å². The number of aryl methyl sites for hydroxylation is 1. The molecule has 3 rings (SSSR count). The second-order valence-electron chi connectivity index (χ2n) is 8.53. The first-order valence-corrected chi connectivity index (χ1v) is 10.2. The van der Waals surface area contributed by atoms with E-state index in [1.807, 2.05) is 19.1 Å². The number of ether oxygens (including phenoxy) is 1. The summed E-state index contributed by atoms with van der Waals surface area (Å²) in [6.45, 7) is 14.6. The third kappa shape index (κ3) is 4.01. The van der Waals surface area contributed by atoms with Crippen molar-refractivity contribution in [3.63, 3.8) is 0 Å². The Kier molecular flexibility index (Phi) is 5.69. The van der Waals surface area contributed by atoms with E-state index in [0.717, 1.165) is 24.3 Å². The summed E-state index contributed by atoms with van der Waals surface area (Å²) in [6, 6.07) is 12.6. The average molecular weight is 381 g/mol. The maximum atomic E-state index is 11.8. The number of carbonyl (C=O) groups excluding carboxylic acids is 1. The molecule has 0 radical (unpaired) electrons. The molecule has 0 bridgehead atoms. The minimum absolute atomic E-state index is 0.151. The summed E-state index contributed by atoms with van der Waals surface area (Å²) in [7, 11) is 0. The number of carbonyl (C=O) groups is 1. The van der Waals surface area contributed by atoms with Gasteiger partial charge >= 0.3 is 5.97 Å². The van der Waals surface area contributed by atoms with Gasteiger partial charge in [-0.25, -0.2) is 4.79 Å². The highest BCUT2D eigenvalue weighted by Crippen LogP contribution is 2.43. The van der Waals surface area contributed by atoms with E-state index in [1.165, 1.54) is 16.8 Å². The Morgan fingerprint density at radius 1 is 1.21 bits per heavy atom. The van der Waals surface area contributed by atoms with Gasteiger partial charge in [0, 0.05) is 29.6 Å². The van der Waals surface area contributed by atoms with Crippen molar-refractivity contribution >= 4 is 23.0 Å². The van der Waals surface area contributed by atoms with Gasteiger partial charge in [0.2, 0.25) is 0 Å². The van der Waals surface area contributed by atoms with E-state index in [0.29, 0.717) is 18.2 Å². The van der Waals surface area contributed by atoms with E-state index < -0.39 is 0 Å². The zero-order valence-corrected chi connectivity index (χ0v) is 17.9. The van der Waals surface area contributed by atoms with Gasteiger partial charge in [0.1, 0.15) is 0 Å². The van der Waals surface area contributed by atoms with Crippen LogP contribution in [0.2, 0.25) is 0 Å². The molecule has 0 atom stereocenters. The van der Waals surface area contributed by atoms with Gasteiger partial charge in [-0.2, -0.15) is 0 Å². The molecule has 0 aliphatic carbocycles. The molecular formula is C24H32N2O2. The second-order valence-corrected chi connectivity index (χ2v) is 8.53. The molecule has 0 saturated heterocycles. The van der Waals surface area contributed by atoms with Crippen LogP contribution in [-0.4, -0.2) is 25.2 Å². The number of hydrogen-bond donors (Lipinski definition) is 1. The van der Waals surface area contributed by atoms with Crippen LogP contribution in [0.5, 0.6) is 0 Å². The van der Waals surface area contributed by atoms with E-state index in [9.17, 15) is 4.79 Å².